The van der Waals surface area contributed by atoms with Crippen molar-refractivity contribution in [1.29, 1.82) is 0 Å². The quantitative estimate of drug-likeness (QED) is 0.315. The molecule has 1 heterocycles. The third kappa shape index (κ3) is 8.00. The molecule has 162 valence electrons. The van der Waals surface area contributed by atoms with Crippen LogP contribution >= 0.6 is 24.0 Å². The first-order chi connectivity index (χ1) is 13.7. The summed E-state index contributed by atoms with van der Waals surface area (Å²) in [6, 6.07) is 10.4. The van der Waals surface area contributed by atoms with Crippen molar-refractivity contribution in [1.82, 2.24) is 20.4 Å². The molecule has 0 bridgehead atoms. The van der Waals surface area contributed by atoms with Gasteiger partial charge in [-0.3, -0.25) is 14.7 Å². The van der Waals surface area contributed by atoms with Crippen molar-refractivity contribution in [3.8, 4) is 5.75 Å². The zero-order valence-corrected chi connectivity index (χ0v) is 19.8. The first kappa shape index (κ1) is 23.7. The molecule has 1 saturated carbocycles. The highest BCUT2D eigenvalue weighted by Crippen LogP contribution is 2.18. The Labute approximate surface area is 191 Å². The van der Waals surface area contributed by atoms with Crippen LogP contribution < -0.4 is 15.4 Å². The van der Waals surface area contributed by atoms with E-state index in [1.807, 2.05) is 37.4 Å². The molecule has 2 fully saturated rings. The van der Waals surface area contributed by atoms with Gasteiger partial charge in [0.1, 0.15) is 11.9 Å². The second-order valence-electron chi connectivity index (χ2n) is 7.49. The number of benzene rings is 1. The second kappa shape index (κ2) is 12.2. The van der Waals surface area contributed by atoms with Crippen LogP contribution in [0.4, 0.5) is 0 Å². The number of piperazine rings is 1. The highest BCUT2D eigenvalue weighted by atomic mass is 127. The SMILES string of the molecule is CCC(CNC(=NC)N1CCN(CC(=O)NC2CC2)CC1)Oc1ccccc1.I. The Morgan fingerprint density at radius 1 is 1.21 bits per heavy atom. The molecule has 0 aromatic heterocycles. The molecule has 1 aliphatic carbocycles. The van der Waals surface area contributed by atoms with E-state index in [-0.39, 0.29) is 36.0 Å². The van der Waals surface area contributed by atoms with Gasteiger partial charge >= 0.3 is 0 Å². The average Bonchev–Trinajstić information content (AvgIpc) is 3.53. The van der Waals surface area contributed by atoms with Gasteiger partial charge in [-0.1, -0.05) is 25.1 Å². The molecule has 1 aliphatic heterocycles. The Morgan fingerprint density at radius 2 is 1.90 bits per heavy atom. The third-order valence-electron chi connectivity index (χ3n) is 5.18. The van der Waals surface area contributed by atoms with Gasteiger partial charge in [0.15, 0.2) is 5.96 Å². The predicted molar refractivity (Wildman–Crippen MR) is 127 cm³/mol. The number of hydrogen-bond acceptors (Lipinski definition) is 4. The lowest BCUT2D eigenvalue weighted by molar-refractivity contribution is -0.122. The van der Waals surface area contributed by atoms with Crippen LogP contribution in [0, 0.1) is 0 Å². The van der Waals surface area contributed by atoms with Gasteiger partial charge in [-0.05, 0) is 31.4 Å². The number of ether oxygens (including phenoxy) is 1. The minimum absolute atomic E-state index is 0. The minimum atomic E-state index is 0. The number of rotatable bonds is 8. The number of carbonyl (C=O) groups excluding carboxylic acids is 1. The molecule has 2 aliphatic rings. The zero-order chi connectivity index (χ0) is 19.8. The average molecular weight is 515 g/mol. The summed E-state index contributed by atoms with van der Waals surface area (Å²) in [6.45, 7) is 6.82. The van der Waals surface area contributed by atoms with E-state index in [0.29, 0.717) is 19.1 Å². The minimum Gasteiger partial charge on any atom is -0.489 e. The van der Waals surface area contributed by atoms with E-state index < -0.39 is 0 Å². The summed E-state index contributed by atoms with van der Waals surface area (Å²) in [5.41, 5.74) is 0. The summed E-state index contributed by atoms with van der Waals surface area (Å²) in [6.07, 6.45) is 3.28. The van der Waals surface area contributed by atoms with Gasteiger partial charge in [-0.15, -0.1) is 24.0 Å². The molecule has 1 aromatic rings. The van der Waals surface area contributed by atoms with Gasteiger partial charge in [0.2, 0.25) is 5.91 Å². The van der Waals surface area contributed by atoms with Crippen LogP contribution in [0.5, 0.6) is 5.75 Å². The Kier molecular flexibility index (Phi) is 9.99. The van der Waals surface area contributed by atoms with E-state index >= 15 is 0 Å². The number of halogens is 1. The lowest BCUT2D eigenvalue weighted by Crippen LogP contribution is -2.54. The summed E-state index contributed by atoms with van der Waals surface area (Å²) < 4.78 is 6.05. The van der Waals surface area contributed by atoms with Crippen molar-refractivity contribution < 1.29 is 9.53 Å². The highest BCUT2D eigenvalue weighted by Gasteiger charge is 2.26. The number of nitrogens with one attached hydrogen (secondary N) is 2. The summed E-state index contributed by atoms with van der Waals surface area (Å²) in [4.78, 5) is 20.9. The molecule has 2 N–H and O–H groups in total. The number of amides is 1. The van der Waals surface area contributed by atoms with Crippen molar-refractivity contribution >= 4 is 35.8 Å². The van der Waals surface area contributed by atoms with Crippen LogP contribution in [0.25, 0.3) is 0 Å². The van der Waals surface area contributed by atoms with Crippen molar-refractivity contribution in [2.24, 2.45) is 4.99 Å². The van der Waals surface area contributed by atoms with Crippen molar-refractivity contribution in [3.63, 3.8) is 0 Å². The van der Waals surface area contributed by atoms with Crippen LogP contribution in [-0.2, 0) is 4.79 Å². The summed E-state index contributed by atoms with van der Waals surface area (Å²) in [5, 5.41) is 6.51. The fourth-order valence-corrected chi connectivity index (χ4v) is 3.32. The normalized spacial score (nSPS) is 18.6. The Hall–Kier alpha value is -1.55. The lowest BCUT2D eigenvalue weighted by Gasteiger charge is -2.36. The van der Waals surface area contributed by atoms with Crippen LogP contribution in [0.15, 0.2) is 35.3 Å². The van der Waals surface area contributed by atoms with Crippen molar-refractivity contribution in [2.75, 3.05) is 46.3 Å². The maximum atomic E-state index is 12.0. The predicted octanol–water partition coefficient (Wildman–Crippen LogP) is 1.93. The molecule has 1 unspecified atom stereocenters. The van der Waals surface area contributed by atoms with Gasteiger partial charge in [0, 0.05) is 39.3 Å². The fourth-order valence-electron chi connectivity index (χ4n) is 3.32. The molecule has 0 spiro atoms. The Morgan fingerprint density at radius 3 is 2.48 bits per heavy atom. The topological polar surface area (TPSA) is 69.2 Å². The van der Waals surface area contributed by atoms with E-state index in [1.54, 1.807) is 0 Å². The highest BCUT2D eigenvalue weighted by molar-refractivity contribution is 14.0. The molecule has 7 nitrogen and oxygen atoms in total. The molecular formula is C21H34IN5O2. The van der Waals surface area contributed by atoms with Crippen LogP contribution in [-0.4, -0.2) is 80.1 Å². The molecule has 8 heteroatoms. The monoisotopic (exact) mass is 515 g/mol. The van der Waals surface area contributed by atoms with Crippen molar-refractivity contribution in [3.05, 3.63) is 30.3 Å². The number of guanidine groups is 1. The van der Waals surface area contributed by atoms with E-state index in [1.165, 1.54) is 0 Å². The summed E-state index contributed by atoms with van der Waals surface area (Å²) in [7, 11) is 1.82. The van der Waals surface area contributed by atoms with E-state index in [0.717, 1.165) is 57.2 Å². The molecule has 29 heavy (non-hydrogen) atoms. The zero-order valence-electron chi connectivity index (χ0n) is 17.5. The Bertz CT molecular complexity index is 646. The van der Waals surface area contributed by atoms with E-state index in [9.17, 15) is 4.79 Å². The molecule has 1 amide bonds. The molecule has 1 atom stereocenters. The largest absolute Gasteiger partial charge is 0.489 e. The standard InChI is InChI=1S/C21H33N5O2.HI/c1-3-18(28-19-7-5-4-6-8-19)15-23-21(22-2)26-13-11-25(12-14-26)16-20(27)24-17-9-10-17;/h4-8,17-18H,3,9-16H2,1-2H3,(H,22,23)(H,24,27);1H. The van der Waals surface area contributed by atoms with Gasteiger partial charge < -0.3 is 20.3 Å². The Balaban J connectivity index is 0.00000300. The maximum Gasteiger partial charge on any atom is 0.234 e. The van der Waals surface area contributed by atoms with Gasteiger partial charge in [0.05, 0.1) is 13.1 Å². The van der Waals surface area contributed by atoms with Gasteiger partial charge in [0.25, 0.3) is 0 Å². The van der Waals surface area contributed by atoms with Crippen LogP contribution in [0.1, 0.15) is 26.2 Å². The van der Waals surface area contributed by atoms with Gasteiger partial charge in [-0.25, -0.2) is 0 Å². The van der Waals surface area contributed by atoms with Crippen LogP contribution in [0.3, 0.4) is 0 Å². The smallest absolute Gasteiger partial charge is 0.234 e. The first-order valence-electron chi connectivity index (χ1n) is 10.4. The summed E-state index contributed by atoms with van der Waals surface area (Å²) >= 11 is 0. The third-order valence-corrected chi connectivity index (χ3v) is 5.18. The summed E-state index contributed by atoms with van der Waals surface area (Å²) in [5.74, 6) is 1.95. The lowest BCUT2D eigenvalue weighted by atomic mass is 10.2. The number of nitrogens with zero attached hydrogens (tertiary/aromatic N) is 3. The van der Waals surface area contributed by atoms with Gasteiger partial charge in [-0.2, -0.15) is 0 Å². The first-order valence-corrected chi connectivity index (χ1v) is 10.4. The molecular weight excluding hydrogens is 481 g/mol. The number of carbonyl (C=O) groups is 1. The molecule has 1 saturated heterocycles. The maximum absolute atomic E-state index is 12.0. The van der Waals surface area contributed by atoms with E-state index in [4.69, 9.17) is 4.74 Å². The van der Waals surface area contributed by atoms with E-state index in [2.05, 4.69) is 32.3 Å². The van der Waals surface area contributed by atoms with Crippen LogP contribution in [0.2, 0.25) is 0 Å². The second-order valence-corrected chi connectivity index (χ2v) is 7.49. The molecule has 0 radical (unpaired) electrons. The molecule has 3 rings (SSSR count). The van der Waals surface area contributed by atoms with Crippen molar-refractivity contribution in [2.45, 2.75) is 38.3 Å². The number of hydrogen-bond donors (Lipinski definition) is 2. The molecule has 1 aromatic carbocycles. The number of para-hydroxylation sites is 1. The number of aliphatic imine (C=N–C) groups is 1. The fraction of sp³-hybridized carbons (Fsp3) is 0.619.